The molecule has 0 atom stereocenters. The summed E-state index contributed by atoms with van der Waals surface area (Å²) in [6.45, 7) is 3.83. The van der Waals surface area contributed by atoms with Crippen LogP contribution in [0.3, 0.4) is 0 Å². The van der Waals surface area contributed by atoms with Crippen LogP contribution in [0.4, 0.5) is 5.69 Å². The molecular formula is C20H21N. The molecule has 0 saturated carbocycles. The lowest BCUT2D eigenvalue weighted by Gasteiger charge is -2.11. The van der Waals surface area contributed by atoms with E-state index in [0.717, 1.165) is 17.6 Å². The third kappa shape index (κ3) is 4.24. The number of hydrogen-bond donors (Lipinski definition) is 0. The molecular weight excluding hydrogens is 254 g/mol. The van der Waals surface area contributed by atoms with E-state index in [1.165, 1.54) is 11.3 Å². The SMILES string of the molecule is C=CCC(=C=Cc1ccc(N(C)C)cc1)c1ccccc1. The fraction of sp³-hybridized carbons (Fsp3) is 0.150. The lowest BCUT2D eigenvalue weighted by Crippen LogP contribution is -2.07. The van der Waals surface area contributed by atoms with Gasteiger partial charge in [0.05, 0.1) is 0 Å². The van der Waals surface area contributed by atoms with E-state index >= 15 is 0 Å². The van der Waals surface area contributed by atoms with Crippen LogP contribution in [0.2, 0.25) is 0 Å². The molecule has 21 heavy (non-hydrogen) atoms. The number of hydrogen-bond acceptors (Lipinski definition) is 1. The Kier molecular flexibility index (Phi) is 5.20. The van der Waals surface area contributed by atoms with Crippen molar-refractivity contribution in [2.45, 2.75) is 6.42 Å². The number of nitrogens with zero attached hydrogens (tertiary/aromatic N) is 1. The van der Waals surface area contributed by atoms with Gasteiger partial charge in [0.25, 0.3) is 0 Å². The first-order valence-electron chi connectivity index (χ1n) is 7.10. The normalized spacial score (nSPS) is 9.62. The van der Waals surface area contributed by atoms with Crippen LogP contribution in [-0.2, 0) is 0 Å². The zero-order valence-electron chi connectivity index (χ0n) is 12.7. The summed E-state index contributed by atoms with van der Waals surface area (Å²) >= 11 is 0. The highest BCUT2D eigenvalue weighted by Crippen LogP contribution is 2.18. The van der Waals surface area contributed by atoms with Gasteiger partial charge in [0, 0.05) is 25.4 Å². The summed E-state index contributed by atoms with van der Waals surface area (Å²) in [5, 5.41) is 0. The van der Waals surface area contributed by atoms with Gasteiger partial charge < -0.3 is 4.90 Å². The maximum Gasteiger partial charge on any atom is 0.0361 e. The van der Waals surface area contributed by atoms with Gasteiger partial charge in [0.2, 0.25) is 0 Å². The Bertz CT molecular complexity index is 642. The van der Waals surface area contributed by atoms with Crippen molar-refractivity contribution in [2.75, 3.05) is 19.0 Å². The molecule has 0 N–H and O–H groups in total. The molecule has 0 aromatic heterocycles. The zero-order chi connectivity index (χ0) is 15.1. The maximum absolute atomic E-state index is 3.83. The van der Waals surface area contributed by atoms with Gasteiger partial charge in [-0.05, 0) is 35.8 Å². The van der Waals surface area contributed by atoms with E-state index in [0.29, 0.717) is 0 Å². The molecule has 0 radical (unpaired) electrons. The maximum atomic E-state index is 3.83. The molecule has 2 aromatic carbocycles. The van der Waals surface area contributed by atoms with Gasteiger partial charge in [-0.1, -0.05) is 48.5 Å². The van der Waals surface area contributed by atoms with E-state index in [4.69, 9.17) is 0 Å². The van der Waals surface area contributed by atoms with Gasteiger partial charge in [-0.2, -0.15) is 0 Å². The average molecular weight is 275 g/mol. The zero-order valence-corrected chi connectivity index (χ0v) is 12.7. The first-order chi connectivity index (χ1) is 10.2. The minimum atomic E-state index is 0.816. The molecule has 0 aliphatic carbocycles. The standard InChI is InChI=1S/C20H21N/c1-4-8-18(19-9-6-5-7-10-19)14-11-17-12-15-20(16-13-17)21(2)3/h4-7,9-13,15-16H,1,8H2,2-3H3. The molecule has 0 bridgehead atoms. The van der Waals surface area contributed by atoms with Crippen molar-refractivity contribution in [3.63, 3.8) is 0 Å². The summed E-state index contributed by atoms with van der Waals surface area (Å²) in [4.78, 5) is 2.09. The molecule has 0 unspecified atom stereocenters. The Morgan fingerprint density at radius 2 is 1.71 bits per heavy atom. The smallest absolute Gasteiger partial charge is 0.0361 e. The highest BCUT2D eigenvalue weighted by molar-refractivity contribution is 5.70. The van der Waals surface area contributed by atoms with Gasteiger partial charge in [0.1, 0.15) is 0 Å². The van der Waals surface area contributed by atoms with Crippen molar-refractivity contribution in [2.24, 2.45) is 0 Å². The Morgan fingerprint density at radius 3 is 2.29 bits per heavy atom. The van der Waals surface area contributed by atoms with Crippen LogP contribution >= 0.6 is 0 Å². The number of allylic oxidation sites excluding steroid dienone is 2. The second-order valence-electron chi connectivity index (χ2n) is 5.11. The lowest BCUT2D eigenvalue weighted by atomic mass is 10.0. The highest BCUT2D eigenvalue weighted by Gasteiger charge is 1.97. The highest BCUT2D eigenvalue weighted by atomic mass is 15.1. The van der Waals surface area contributed by atoms with E-state index < -0.39 is 0 Å². The molecule has 0 fully saturated rings. The van der Waals surface area contributed by atoms with Crippen molar-refractivity contribution in [1.82, 2.24) is 0 Å². The van der Waals surface area contributed by atoms with Gasteiger partial charge in [-0.3, -0.25) is 0 Å². The van der Waals surface area contributed by atoms with Crippen LogP contribution in [0.25, 0.3) is 11.6 Å². The fourth-order valence-electron chi connectivity index (χ4n) is 2.08. The fourth-order valence-corrected chi connectivity index (χ4v) is 2.08. The van der Waals surface area contributed by atoms with Crippen molar-refractivity contribution < 1.29 is 0 Å². The topological polar surface area (TPSA) is 3.24 Å². The van der Waals surface area contributed by atoms with Gasteiger partial charge in [0.15, 0.2) is 0 Å². The van der Waals surface area contributed by atoms with Crippen molar-refractivity contribution in [3.05, 3.63) is 84.1 Å². The number of benzene rings is 2. The van der Waals surface area contributed by atoms with Gasteiger partial charge in [-0.15, -0.1) is 12.3 Å². The molecule has 0 saturated heterocycles. The Labute approximate surface area is 127 Å². The number of anilines is 1. The van der Waals surface area contributed by atoms with Crippen molar-refractivity contribution in [3.8, 4) is 0 Å². The molecule has 0 heterocycles. The molecule has 0 aliphatic heterocycles. The van der Waals surface area contributed by atoms with Crippen LogP contribution < -0.4 is 4.90 Å². The van der Waals surface area contributed by atoms with E-state index in [1.54, 1.807) is 0 Å². The Morgan fingerprint density at radius 1 is 1.05 bits per heavy atom. The Hall–Kier alpha value is -2.50. The molecule has 0 amide bonds. The summed E-state index contributed by atoms with van der Waals surface area (Å²) in [6.07, 6.45) is 4.76. The van der Waals surface area contributed by atoms with E-state index in [-0.39, 0.29) is 0 Å². The molecule has 2 rings (SSSR count). The van der Waals surface area contributed by atoms with Crippen LogP contribution in [0.1, 0.15) is 17.5 Å². The Balaban J connectivity index is 2.31. The lowest BCUT2D eigenvalue weighted by molar-refractivity contribution is 1.13. The second kappa shape index (κ2) is 7.33. The molecule has 0 aliphatic rings. The molecule has 1 nitrogen and oxygen atoms in total. The van der Waals surface area contributed by atoms with Crippen LogP contribution in [-0.4, -0.2) is 14.1 Å². The van der Waals surface area contributed by atoms with Crippen LogP contribution in [0.5, 0.6) is 0 Å². The third-order valence-corrected chi connectivity index (χ3v) is 3.29. The van der Waals surface area contributed by atoms with E-state index in [9.17, 15) is 0 Å². The van der Waals surface area contributed by atoms with Gasteiger partial charge in [-0.25, -0.2) is 0 Å². The summed E-state index contributed by atoms with van der Waals surface area (Å²) in [5.74, 6) is 0. The quantitative estimate of drug-likeness (QED) is 0.547. The summed E-state index contributed by atoms with van der Waals surface area (Å²) in [6, 6.07) is 18.8. The second-order valence-corrected chi connectivity index (χ2v) is 5.11. The molecule has 1 heteroatoms. The minimum Gasteiger partial charge on any atom is -0.378 e. The third-order valence-electron chi connectivity index (χ3n) is 3.29. The van der Waals surface area contributed by atoms with E-state index in [1.807, 2.05) is 44.4 Å². The first kappa shape index (κ1) is 14.9. The molecule has 106 valence electrons. The predicted molar refractivity (Wildman–Crippen MR) is 93.4 cm³/mol. The van der Waals surface area contributed by atoms with Crippen LogP contribution in [0.15, 0.2) is 73.0 Å². The van der Waals surface area contributed by atoms with Crippen molar-refractivity contribution in [1.29, 1.82) is 0 Å². The minimum absolute atomic E-state index is 0.816. The molecule has 0 spiro atoms. The van der Waals surface area contributed by atoms with Crippen molar-refractivity contribution >= 4 is 17.3 Å². The van der Waals surface area contributed by atoms with Gasteiger partial charge >= 0.3 is 0 Å². The average Bonchev–Trinajstić information content (AvgIpc) is 2.52. The predicted octanol–water partition coefficient (Wildman–Crippen LogP) is 5.02. The summed E-state index contributed by atoms with van der Waals surface area (Å²) in [7, 11) is 4.09. The van der Waals surface area contributed by atoms with E-state index in [2.05, 4.69) is 53.6 Å². The van der Waals surface area contributed by atoms with Crippen LogP contribution in [0, 0.1) is 0 Å². The molecule has 2 aromatic rings. The monoisotopic (exact) mass is 275 g/mol. The summed E-state index contributed by atoms with van der Waals surface area (Å²) < 4.78 is 0. The first-order valence-corrected chi connectivity index (χ1v) is 7.10. The number of rotatable bonds is 5. The largest absolute Gasteiger partial charge is 0.378 e. The summed E-state index contributed by atoms with van der Waals surface area (Å²) in [5.41, 5.74) is 8.11.